The molecule has 0 amide bonds. The van der Waals surface area contributed by atoms with Gasteiger partial charge >= 0.3 is 0 Å². The zero-order chi connectivity index (χ0) is 14.7. The van der Waals surface area contributed by atoms with Crippen molar-refractivity contribution >= 4 is 5.69 Å². The molecule has 0 aliphatic heterocycles. The first-order valence-electron chi connectivity index (χ1n) is 6.77. The molecule has 0 N–H and O–H groups in total. The maximum absolute atomic E-state index is 4.60. The van der Waals surface area contributed by atoms with Crippen LogP contribution < -0.4 is 4.90 Å². The predicted molar refractivity (Wildman–Crippen MR) is 85.0 cm³/mol. The minimum absolute atomic E-state index is 0.640. The zero-order valence-electron chi connectivity index (χ0n) is 12.1. The van der Waals surface area contributed by atoms with Gasteiger partial charge < -0.3 is 4.90 Å². The van der Waals surface area contributed by atoms with Gasteiger partial charge in [0.1, 0.15) is 0 Å². The highest BCUT2D eigenvalue weighted by atomic mass is 15.1. The fraction of sp³-hybridized carbons (Fsp3) is 0.118. The molecule has 3 aromatic rings. The third-order valence-electron chi connectivity index (χ3n) is 3.27. The number of hydrogen-bond donors (Lipinski definition) is 0. The molecule has 0 atom stereocenters. The minimum atomic E-state index is 0.640. The van der Waals surface area contributed by atoms with Crippen molar-refractivity contribution in [2.24, 2.45) is 0 Å². The van der Waals surface area contributed by atoms with E-state index in [1.807, 2.05) is 68.7 Å². The van der Waals surface area contributed by atoms with Crippen molar-refractivity contribution in [2.45, 2.75) is 0 Å². The molecule has 2 aromatic carbocycles. The Morgan fingerprint density at radius 1 is 0.810 bits per heavy atom. The Balaban J connectivity index is 1.96. The molecule has 0 saturated heterocycles. The largest absolute Gasteiger partial charge is 0.378 e. The van der Waals surface area contributed by atoms with Gasteiger partial charge in [0, 0.05) is 30.9 Å². The summed E-state index contributed by atoms with van der Waals surface area (Å²) in [4.78, 5) is 6.66. The summed E-state index contributed by atoms with van der Waals surface area (Å²) >= 11 is 0. The Hall–Kier alpha value is -2.75. The fourth-order valence-electron chi connectivity index (χ4n) is 2.08. The van der Waals surface area contributed by atoms with Gasteiger partial charge in [-0.3, -0.25) is 0 Å². The number of benzene rings is 2. The highest BCUT2D eigenvalue weighted by Gasteiger charge is 2.06. The molecule has 1 heterocycles. The quantitative estimate of drug-likeness (QED) is 0.736. The van der Waals surface area contributed by atoms with Crippen LogP contribution in [-0.2, 0) is 0 Å². The van der Waals surface area contributed by atoms with Crippen LogP contribution in [-0.4, -0.2) is 29.3 Å². The second kappa shape index (κ2) is 5.71. The molecule has 104 valence electrons. The monoisotopic (exact) mass is 276 g/mol. The van der Waals surface area contributed by atoms with E-state index in [0.717, 1.165) is 22.5 Å². The Morgan fingerprint density at radius 3 is 2.19 bits per heavy atom. The number of anilines is 1. The van der Waals surface area contributed by atoms with Gasteiger partial charge in [0.15, 0.2) is 5.82 Å². The van der Waals surface area contributed by atoms with Crippen molar-refractivity contribution in [3.05, 3.63) is 60.8 Å². The van der Waals surface area contributed by atoms with Crippen LogP contribution in [0.2, 0.25) is 0 Å². The van der Waals surface area contributed by atoms with Crippen LogP contribution >= 0.6 is 0 Å². The van der Waals surface area contributed by atoms with Crippen LogP contribution in [0.3, 0.4) is 0 Å². The van der Waals surface area contributed by atoms with Gasteiger partial charge in [0.25, 0.3) is 0 Å². The summed E-state index contributed by atoms with van der Waals surface area (Å²) in [7, 11) is 4.03. The number of hydrogen-bond acceptors (Lipinski definition) is 4. The topological polar surface area (TPSA) is 41.9 Å². The van der Waals surface area contributed by atoms with Crippen LogP contribution in [0.1, 0.15) is 0 Å². The van der Waals surface area contributed by atoms with Gasteiger partial charge in [-0.15, -0.1) is 5.10 Å². The molecule has 0 aliphatic rings. The van der Waals surface area contributed by atoms with Crippen molar-refractivity contribution in [1.29, 1.82) is 0 Å². The molecule has 0 fully saturated rings. The molecule has 21 heavy (non-hydrogen) atoms. The molecular formula is C17H16N4. The van der Waals surface area contributed by atoms with Crippen LogP contribution in [0.4, 0.5) is 5.69 Å². The third-order valence-corrected chi connectivity index (χ3v) is 3.27. The molecular weight excluding hydrogens is 260 g/mol. The zero-order valence-corrected chi connectivity index (χ0v) is 12.1. The smallest absolute Gasteiger partial charge is 0.182 e. The van der Waals surface area contributed by atoms with Crippen molar-refractivity contribution in [1.82, 2.24) is 15.2 Å². The molecule has 0 radical (unpaired) electrons. The third kappa shape index (κ3) is 2.89. The van der Waals surface area contributed by atoms with E-state index in [1.165, 1.54) is 0 Å². The number of aromatic nitrogens is 3. The Morgan fingerprint density at radius 2 is 1.52 bits per heavy atom. The van der Waals surface area contributed by atoms with E-state index in [0.29, 0.717) is 5.82 Å². The summed E-state index contributed by atoms with van der Waals surface area (Å²) in [6.07, 6.45) is 1.69. The van der Waals surface area contributed by atoms with E-state index in [-0.39, 0.29) is 0 Å². The molecule has 1 aromatic heterocycles. The lowest BCUT2D eigenvalue weighted by Gasteiger charge is -2.12. The van der Waals surface area contributed by atoms with Crippen molar-refractivity contribution < 1.29 is 0 Å². The fourth-order valence-corrected chi connectivity index (χ4v) is 2.08. The first-order chi connectivity index (χ1) is 10.2. The summed E-state index contributed by atoms with van der Waals surface area (Å²) < 4.78 is 0. The minimum Gasteiger partial charge on any atom is -0.378 e. The van der Waals surface area contributed by atoms with Crippen LogP contribution in [0.15, 0.2) is 60.8 Å². The molecule has 4 heteroatoms. The molecule has 0 spiro atoms. The maximum Gasteiger partial charge on any atom is 0.182 e. The first kappa shape index (κ1) is 13.2. The second-order valence-electron chi connectivity index (χ2n) is 4.97. The molecule has 0 unspecified atom stereocenters. The van der Waals surface area contributed by atoms with E-state index in [9.17, 15) is 0 Å². The molecule has 0 aliphatic carbocycles. The normalized spacial score (nSPS) is 10.4. The molecule has 0 bridgehead atoms. The summed E-state index contributed by atoms with van der Waals surface area (Å²) in [5.41, 5.74) is 3.98. The molecule has 0 saturated carbocycles. The highest BCUT2D eigenvalue weighted by molar-refractivity contribution is 5.64. The number of rotatable bonds is 3. The lowest BCUT2D eigenvalue weighted by Crippen LogP contribution is -2.08. The van der Waals surface area contributed by atoms with E-state index in [2.05, 4.69) is 20.1 Å². The maximum atomic E-state index is 4.60. The van der Waals surface area contributed by atoms with E-state index >= 15 is 0 Å². The van der Waals surface area contributed by atoms with Gasteiger partial charge in [-0.2, -0.15) is 5.10 Å². The summed E-state index contributed by atoms with van der Waals surface area (Å²) in [5.74, 6) is 0.640. The number of nitrogens with zero attached hydrogens (tertiary/aromatic N) is 4. The van der Waals surface area contributed by atoms with Crippen molar-refractivity contribution in [2.75, 3.05) is 19.0 Å². The van der Waals surface area contributed by atoms with Crippen LogP contribution in [0, 0.1) is 0 Å². The van der Waals surface area contributed by atoms with Crippen LogP contribution in [0.25, 0.3) is 22.6 Å². The molecule has 4 nitrogen and oxygen atoms in total. The lowest BCUT2D eigenvalue weighted by molar-refractivity contribution is 0.984. The average Bonchev–Trinajstić information content (AvgIpc) is 2.56. The Kier molecular flexibility index (Phi) is 3.60. The van der Waals surface area contributed by atoms with Gasteiger partial charge in [0.2, 0.25) is 0 Å². The first-order valence-corrected chi connectivity index (χ1v) is 6.77. The Labute approximate surface area is 124 Å². The highest BCUT2D eigenvalue weighted by Crippen LogP contribution is 2.21. The van der Waals surface area contributed by atoms with Gasteiger partial charge in [-0.25, -0.2) is 4.98 Å². The lowest BCUT2D eigenvalue weighted by atomic mass is 10.1. The molecule has 3 rings (SSSR count). The second-order valence-corrected chi connectivity index (χ2v) is 4.97. The predicted octanol–water partition coefficient (Wildman–Crippen LogP) is 3.27. The summed E-state index contributed by atoms with van der Waals surface area (Å²) in [6.45, 7) is 0. The average molecular weight is 276 g/mol. The SMILES string of the molecule is CN(C)c1ccc(-c2nncc(-c3ccccc3)n2)cc1. The van der Waals surface area contributed by atoms with Crippen molar-refractivity contribution in [3.63, 3.8) is 0 Å². The standard InChI is InChI=1S/C17H16N4/c1-21(2)15-10-8-14(9-11-15)17-19-16(12-18-20-17)13-6-4-3-5-7-13/h3-12H,1-2H3. The summed E-state index contributed by atoms with van der Waals surface area (Å²) in [6, 6.07) is 18.1. The van der Waals surface area contributed by atoms with E-state index in [1.54, 1.807) is 6.20 Å². The van der Waals surface area contributed by atoms with Crippen LogP contribution in [0.5, 0.6) is 0 Å². The van der Waals surface area contributed by atoms with E-state index in [4.69, 9.17) is 0 Å². The van der Waals surface area contributed by atoms with Crippen molar-refractivity contribution in [3.8, 4) is 22.6 Å². The van der Waals surface area contributed by atoms with Gasteiger partial charge in [0.05, 0.1) is 11.9 Å². The van der Waals surface area contributed by atoms with Gasteiger partial charge in [-0.05, 0) is 24.3 Å². The summed E-state index contributed by atoms with van der Waals surface area (Å²) in [5, 5.41) is 8.21. The van der Waals surface area contributed by atoms with E-state index < -0.39 is 0 Å². The Bertz CT molecular complexity index is 721. The van der Waals surface area contributed by atoms with Gasteiger partial charge in [-0.1, -0.05) is 30.3 Å².